The van der Waals surface area contributed by atoms with Crippen molar-refractivity contribution in [3.8, 4) is 6.07 Å². The van der Waals surface area contributed by atoms with E-state index in [1.807, 2.05) is 17.5 Å². The van der Waals surface area contributed by atoms with E-state index in [0.717, 1.165) is 9.24 Å². The van der Waals surface area contributed by atoms with Gasteiger partial charge in [0.05, 0.1) is 0 Å². The van der Waals surface area contributed by atoms with Gasteiger partial charge in [-0.3, -0.25) is 0 Å². The third kappa shape index (κ3) is 2.10. The summed E-state index contributed by atoms with van der Waals surface area (Å²) < 4.78 is 0.983. The molecule has 0 atom stereocenters. The molecule has 5 heteroatoms. The van der Waals surface area contributed by atoms with Crippen LogP contribution in [0.3, 0.4) is 0 Å². The van der Waals surface area contributed by atoms with E-state index in [1.54, 1.807) is 41.6 Å². The Balaban J connectivity index is 2.15. The Labute approximate surface area is 89.4 Å². The highest BCUT2D eigenvalue weighted by Gasteiger charge is 1.99. The molecule has 0 saturated carbocycles. The van der Waals surface area contributed by atoms with Crippen LogP contribution in [-0.4, -0.2) is 9.97 Å². The zero-order chi connectivity index (χ0) is 9.80. The summed E-state index contributed by atoms with van der Waals surface area (Å²) >= 11 is 3.14. The van der Waals surface area contributed by atoms with Gasteiger partial charge in [-0.2, -0.15) is 5.26 Å². The number of hydrogen-bond donors (Lipinski definition) is 0. The van der Waals surface area contributed by atoms with Crippen LogP contribution in [0.5, 0.6) is 0 Å². The zero-order valence-electron chi connectivity index (χ0n) is 7.04. The van der Waals surface area contributed by atoms with E-state index in [1.165, 1.54) is 0 Å². The third-order valence-electron chi connectivity index (χ3n) is 1.47. The molecule has 0 N–H and O–H groups in total. The lowest BCUT2D eigenvalue weighted by Crippen LogP contribution is -1.81. The van der Waals surface area contributed by atoms with Crippen molar-refractivity contribution in [2.45, 2.75) is 9.24 Å². The number of nitriles is 1. The Morgan fingerprint density at radius 1 is 1.36 bits per heavy atom. The number of pyridine rings is 1. The second kappa shape index (κ2) is 4.22. The highest BCUT2D eigenvalue weighted by atomic mass is 32.2. The summed E-state index contributed by atoms with van der Waals surface area (Å²) in [6.45, 7) is 0. The van der Waals surface area contributed by atoms with Gasteiger partial charge in [-0.15, -0.1) is 11.3 Å². The SMILES string of the molecule is N#Cc1ccc(Sc2nccs2)cn1. The van der Waals surface area contributed by atoms with E-state index >= 15 is 0 Å². The fraction of sp³-hybridized carbons (Fsp3) is 0. The van der Waals surface area contributed by atoms with Crippen LogP contribution in [0, 0.1) is 11.3 Å². The van der Waals surface area contributed by atoms with Crippen molar-refractivity contribution in [2.24, 2.45) is 0 Å². The van der Waals surface area contributed by atoms with Gasteiger partial charge in [0.25, 0.3) is 0 Å². The van der Waals surface area contributed by atoms with Gasteiger partial charge in [0.15, 0.2) is 4.34 Å². The van der Waals surface area contributed by atoms with Gasteiger partial charge >= 0.3 is 0 Å². The molecule has 0 amide bonds. The zero-order valence-corrected chi connectivity index (χ0v) is 8.68. The van der Waals surface area contributed by atoms with Crippen molar-refractivity contribution in [3.63, 3.8) is 0 Å². The second-order valence-corrected chi connectivity index (χ2v) is 4.61. The molecule has 0 aromatic carbocycles. The number of thiazole rings is 1. The molecule has 0 radical (unpaired) electrons. The van der Waals surface area contributed by atoms with Crippen LogP contribution in [0.25, 0.3) is 0 Å². The van der Waals surface area contributed by atoms with Crippen LogP contribution in [-0.2, 0) is 0 Å². The van der Waals surface area contributed by atoms with E-state index in [-0.39, 0.29) is 0 Å². The normalized spacial score (nSPS) is 9.64. The number of rotatable bonds is 2. The van der Waals surface area contributed by atoms with Gasteiger partial charge in [0.1, 0.15) is 11.8 Å². The predicted octanol–water partition coefficient (Wildman–Crippen LogP) is 2.56. The maximum absolute atomic E-state index is 8.56. The first-order valence-corrected chi connectivity index (χ1v) is 5.51. The van der Waals surface area contributed by atoms with Gasteiger partial charge in [-0.05, 0) is 12.1 Å². The Morgan fingerprint density at radius 3 is 2.86 bits per heavy atom. The fourth-order valence-corrected chi connectivity index (χ4v) is 2.43. The van der Waals surface area contributed by atoms with Crippen molar-refractivity contribution < 1.29 is 0 Å². The summed E-state index contributed by atoms with van der Waals surface area (Å²) in [7, 11) is 0. The van der Waals surface area contributed by atoms with E-state index in [0.29, 0.717) is 5.69 Å². The van der Waals surface area contributed by atoms with Gasteiger partial charge in [-0.25, -0.2) is 9.97 Å². The molecule has 0 aliphatic rings. The monoisotopic (exact) mass is 219 g/mol. The lowest BCUT2D eigenvalue weighted by molar-refractivity contribution is 1.18. The van der Waals surface area contributed by atoms with Crippen molar-refractivity contribution in [3.05, 3.63) is 35.6 Å². The Hall–Kier alpha value is -1.38. The molecule has 0 aliphatic carbocycles. The standard InChI is InChI=1S/C9H5N3S2/c10-5-7-1-2-8(6-12-7)14-9-11-3-4-13-9/h1-4,6H. The molecule has 0 bridgehead atoms. The quantitative estimate of drug-likeness (QED) is 0.778. The highest BCUT2D eigenvalue weighted by molar-refractivity contribution is 8.01. The summed E-state index contributed by atoms with van der Waals surface area (Å²) in [5.41, 5.74) is 0.438. The molecule has 2 aromatic heterocycles. The van der Waals surface area contributed by atoms with Gasteiger partial charge in [-0.1, -0.05) is 11.8 Å². The van der Waals surface area contributed by atoms with Crippen molar-refractivity contribution in [1.29, 1.82) is 5.26 Å². The van der Waals surface area contributed by atoms with Gasteiger partial charge < -0.3 is 0 Å². The summed E-state index contributed by atoms with van der Waals surface area (Å²) in [5.74, 6) is 0. The first kappa shape index (κ1) is 9.19. The van der Waals surface area contributed by atoms with Crippen LogP contribution in [0.15, 0.2) is 39.1 Å². The Morgan fingerprint density at radius 2 is 2.29 bits per heavy atom. The molecule has 3 nitrogen and oxygen atoms in total. The largest absolute Gasteiger partial charge is 0.244 e. The molecule has 0 saturated heterocycles. The molecule has 68 valence electrons. The summed E-state index contributed by atoms with van der Waals surface area (Å²) in [4.78, 5) is 9.11. The van der Waals surface area contributed by atoms with Crippen molar-refractivity contribution >= 4 is 23.1 Å². The van der Waals surface area contributed by atoms with Crippen LogP contribution in [0.4, 0.5) is 0 Å². The van der Waals surface area contributed by atoms with Crippen LogP contribution in [0.2, 0.25) is 0 Å². The molecule has 14 heavy (non-hydrogen) atoms. The molecule has 0 fully saturated rings. The molecule has 0 unspecified atom stereocenters. The first-order valence-electron chi connectivity index (χ1n) is 3.82. The van der Waals surface area contributed by atoms with Crippen LogP contribution >= 0.6 is 23.1 Å². The van der Waals surface area contributed by atoms with E-state index in [2.05, 4.69) is 9.97 Å². The molecular formula is C9H5N3S2. The van der Waals surface area contributed by atoms with Crippen LogP contribution in [0.1, 0.15) is 5.69 Å². The molecule has 0 aliphatic heterocycles. The minimum absolute atomic E-state index is 0.438. The van der Waals surface area contributed by atoms with E-state index < -0.39 is 0 Å². The highest BCUT2D eigenvalue weighted by Crippen LogP contribution is 2.28. The maximum atomic E-state index is 8.56. The number of aromatic nitrogens is 2. The lowest BCUT2D eigenvalue weighted by Gasteiger charge is -1.95. The summed E-state index contributed by atoms with van der Waals surface area (Å²) in [6, 6.07) is 5.56. The molecule has 2 rings (SSSR count). The summed E-state index contributed by atoms with van der Waals surface area (Å²) in [6.07, 6.45) is 3.45. The van der Waals surface area contributed by atoms with Crippen molar-refractivity contribution in [2.75, 3.05) is 0 Å². The van der Waals surface area contributed by atoms with Gasteiger partial charge in [0, 0.05) is 22.7 Å². The molecule has 2 heterocycles. The minimum atomic E-state index is 0.438. The molecular weight excluding hydrogens is 214 g/mol. The smallest absolute Gasteiger partial charge is 0.154 e. The minimum Gasteiger partial charge on any atom is -0.244 e. The molecule has 2 aromatic rings. The first-order chi connectivity index (χ1) is 6.88. The number of hydrogen-bond acceptors (Lipinski definition) is 5. The topological polar surface area (TPSA) is 49.6 Å². The second-order valence-electron chi connectivity index (χ2n) is 2.39. The predicted molar refractivity (Wildman–Crippen MR) is 55.2 cm³/mol. The lowest BCUT2D eigenvalue weighted by atomic mass is 10.4. The average Bonchev–Trinajstić information content (AvgIpc) is 2.72. The average molecular weight is 219 g/mol. The summed E-state index contributed by atoms with van der Waals surface area (Å²) in [5, 5.41) is 10.5. The third-order valence-corrected chi connectivity index (χ3v) is 3.33. The maximum Gasteiger partial charge on any atom is 0.154 e. The molecule has 0 spiro atoms. The van der Waals surface area contributed by atoms with Gasteiger partial charge in [0.2, 0.25) is 0 Å². The van der Waals surface area contributed by atoms with Crippen LogP contribution < -0.4 is 0 Å². The number of nitrogens with zero attached hydrogens (tertiary/aromatic N) is 3. The van der Waals surface area contributed by atoms with E-state index in [4.69, 9.17) is 5.26 Å². The Kier molecular flexibility index (Phi) is 2.77. The fourth-order valence-electron chi connectivity index (χ4n) is 0.868. The van der Waals surface area contributed by atoms with Crippen molar-refractivity contribution in [1.82, 2.24) is 9.97 Å². The Bertz CT molecular complexity index is 442. The van der Waals surface area contributed by atoms with E-state index in [9.17, 15) is 0 Å².